The highest BCUT2D eigenvalue weighted by molar-refractivity contribution is 5.14. The van der Waals surface area contributed by atoms with Gasteiger partial charge in [0.2, 0.25) is 0 Å². The molecule has 0 bridgehead atoms. The number of tetrazole rings is 1. The highest BCUT2D eigenvalue weighted by atomic mass is 16.6. The van der Waals surface area contributed by atoms with Crippen molar-refractivity contribution in [3.63, 3.8) is 0 Å². The Morgan fingerprint density at radius 2 is 1.61 bits per heavy atom. The Hall–Kier alpha value is -2.61. The Morgan fingerprint density at radius 1 is 0.964 bits per heavy atom. The second-order valence-corrected chi connectivity index (χ2v) is 6.88. The molecule has 4 atom stereocenters. The van der Waals surface area contributed by atoms with Crippen molar-refractivity contribution in [2.75, 3.05) is 0 Å². The third kappa shape index (κ3) is 4.62. The van der Waals surface area contributed by atoms with Crippen molar-refractivity contribution in [1.29, 1.82) is 0 Å². The molecule has 2 heterocycles. The zero-order chi connectivity index (χ0) is 19.2. The third-order valence-electron chi connectivity index (χ3n) is 4.85. The van der Waals surface area contributed by atoms with Crippen molar-refractivity contribution >= 4 is 0 Å². The average Bonchev–Trinajstić information content (AvgIpc) is 3.28. The van der Waals surface area contributed by atoms with Crippen LogP contribution in [0.5, 0.6) is 0 Å². The molecule has 0 aliphatic carbocycles. The van der Waals surface area contributed by atoms with E-state index < -0.39 is 0 Å². The molecule has 0 N–H and O–H groups in total. The first-order valence-electron chi connectivity index (χ1n) is 9.48. The van der Waals surface area contributed by atoms with Gasteiger partial charge in [-0.1, -0.05) is 60.7 Å². The highest BCUT2D eigenvalue weighted by Gasteiger charge is 2.39. The van der Waals surface area contributed by atoms with Gasteiger partial charge >= 0.3 is 0 Å². The molecule has 1 fully saturated rings. The van der Waals surface area contributed by atoms with Crippen LogP contribution in [0.1, 0.15) is 30.7 Å². The van der Waals surface area contributed by atoms with Crippen LogP contribution >= 0.6 is 0 Å². The second-order valence-electron chi connectivity index (χ2n) is 6.88. The molecular weight excluding hydrogens is 356 g/mol. The largest absolute Gasteiger partial charge is 0.371 e. The lowest BCUT2D eigenvalue weighted by Gasteiger charge is -2.39. The van der Waals surface area contributed by atoms with Crippen molar-refractivity contribution in [3.8, 4) is 0 Å². The van der Waals surface area contributed by atoms with E-state index in [1.807, 2.05) is 43.3 Å². The predicted octanol–water partition coefficient (Wildman–Crippen LogP) is 3.15. The van der Waals surface area contributed by atoms with Gasteiger partial charge in [0.05, 0.1) is 25.4 Å². The molecule has 0 spiro atoms. The molecule has 7 nitrogen and oxygen atoms in total. The Bertz CT molecular complexity index is 829. The first-order valence-corrected chi connectivity index (χ1v) is 9.48. The molecule has 1 saturated heterocycles. The summed E-state index contributed by atoms with van der Waals surface area (Å²) in [5.74, 6) is 0. The van der Waals surface area contributed by atoms with Gasteiger partial charge in [-0.3, -0.25) is 0 Å². The van der Waals surface area contributed by atoms with E-state index in [0.717, 1.165) is 11.1 Å². The molecule has 0 amide bonds. The topological polar surface area (TPSA) is 71.3 Å². The van der Waals surface area contributed by atoms with Gasteiger partial charge in [-0.05, 0) is 23.3 Å². The van der Waals surface area contributed by atoms with E-state index in [1.165, 1.54) is 11.1 Å². The number of rotatable bonds is 7. The van der Waals surface area contributed by atoms with Gasteiger partial charge in [0, 0.05) is 6.42 Å². The Kier molecular flexibility index (Phi) is 6.06. The van der Waals surface area contributed by atoms with E-state index >= 15 is 0 Å². The third-order valence-corrected chi connectivity index (χ3v) is 4.85. The Labute approximate surface area is 164 Å². The summed E-state index contributed by atoms with van der Waals surface area (Å²) in [6, 6.07) is 20.2. The first-order chi connectivity index (χ1) is 13.8. The normalized spacial score (nSPS) is 24.9. The predicted molar refractivity (Wildman–Crippen MR) is 102 cm³/mol. The van der Waals surface area contributed by atoms with Crippen LogP contribution in [0.3, 0.4) is 0 Å². The SMILES string of the molecule is C[C@@H]1OC(n2ncnn2)C[C@H](OCc2ccccc2)[C@H]1OCc1ccccc1. The van der Waals surface area contributed by atoms with Gasteiger partial charge in [0.15, 0.2) is 12.6 Å². The maximum Gasteiger partial charge on any atom is 0.174 e. The van der Waals surface area contributed by atoms with Crippen LogP contribution in [0.15, 0.2) is 67.0 Å². The van der Waals surface area contributed by atoms with E-state index in [9.17, 15) is 0 Å². The molecule has 7 heteroatoms. The molecule has 4 rings (SSSR count). The minimum absolute atomic E-state index is 0.149. The molecule has 1 aliphatic rings. The summed E-state index contributed by atoms with van der Waals surface area (Å²) in [6.07, 6.45) is 1.16. The quantitative estimate of drug-likeness (QED) is 0.627. The van der Waals surface area contributed by atoms with E-state index in [-0.39, 0.29) is 24.5 Å². The molecule has 3 aromatic rings. The fourth-order valence-electron chi connectivity index (χ4n) is 3.42. The number of aromatic nitrogens is 4. The molecule has 1 aliphatic heterocycles. The summed E-state index contributed by atoms with van der Waals surface area (Å²) < 4.78 is 18.6. The van der Waals surface area contributed by atoms with Crippen molar-refractivity contribution < 1.29 is 14.2 Å². The van der Waals surface area contributed by atoms with Crippen LogP contribution in [0.4, 0.5) is 0 Å². The maximum absolute atomic E-state index is 6.27. The Morgan fingerprint density at radius 3 is 2.21 bits per heavy atom. The smallest absolute Gasteiger partial charge is 0.174 e. The highest BCUT2D eigenvalue weighted by Crippen LogP contribution is 2.31. The zero-order valence-electron chi connectivity index (χ0n) is 15.8. The molecule has 146 valence electrons. The van der Waals surface area contributed by atoms with Crippen LogP contribution < -0.4 is 0 Å². The zero-order valence-corrected chi connectivity index (χ0v) is 15.8. The molecule has 2 aromatic carbocycles. The molecular formula is C21H24N4O3. The van der Waals surface area contributed by atoms with E-state index in [0.29, 0.717) is 19.6 Å². The summed E-state index contributed by atoms with van der Waals surface area (Å²) in [4.78, 5) is 1.49. The molecule has 0 saturated carbocycles. The minimum atomic E-state index is -0.324. The van der Waals surface area contributed by atoms with Crippen LogP contribution in [-0.2, 0) is 27.4 Å². The van der Waals surface area contributed by atoms with Crippen LogP contribution in [0.25, 0.3) is 0 Å². The Balaban J connectivity index is 1.46. The monoisotopic (exact) mass is 380 g/mol. The molecule has 0 radical (unpaired) electrons. The summed E-state index contributed by atoms with van der Waals surface area (Å²) >= 11 is 0. The number of nitrogens with zero attached hydrogens (tertiary/aromatic N) is 4. The molecule has 1 aromatic heterocycles. The minimum Gasteiger partial charge on any atom is -0.371 e. The van der Waals surface area contributed by atoms with Gasteiger partial charge in [-0.15, -0.1) is 15.0 Å². The van der Waals surface area contributed by atoms with Crippen LogP contribution in [0, 0.1) is 0 Å². The van der Waals surface area contributed by atoms with E-state index in [2.05, 4.69) is 39.7 Å². The molecule has 1 unspecified atom stereocenters. The maximum atomic E-state index is 6.27. The second kappa shape index (κ2) is 9.05. The summed E-state index contributed by atoms with van der Waals surface area (Å²) in [5, 5.41) is 11.9. The number of ether oxygens (including phenoxy) is 3. The fourth-order valence-corrected chi connectivity index (χ4v) is 3.42. The van der Waals surface area contributed by atoms with E-state index in [1.54, 1.807) is 0 Å². The lowest BCUT2D eigenvalue weighted by molar-refractivity contribution is -0.224. The average molecular weight is 380 g/mol. The summed E-state index contributed by atoms with van der Waals surface area (Å²) in [6.45, 7) is 3.02. The standard InChI is InChI=1S/C21H24N4O3/c1-16-21(27-14-18-10-6-3-7-11-18)19(26-13-17-8-4-2-5-9-17)12-20(28-16)25-23-15-22-24-25/h2-11,15-16,19-21H,12-14H2,1H3/t16-,19-,20?,21-/m0/s1. The lowest BCUT2D eigenvalue weighted by Crippen LogP contribution is -2.48. The number of hydrogen-bond donors (Lipinski definition) is 0. The van der Waals surface area contributed by atoms with Crippen molar-refractivity contribution in [2.24, 2.45) is 0 Å². The van der Waals surface area contributed by atoms with Gasteiger partial charge in [-0.25, -0.2) is 0 Å². The number of benzene rings is 2. The van der Waals surface area contributed by atoms with Gasteiger partial charge < -0.3 is 14.2 Å². The van der Waals surface area contributed by atoms with Crippen molar-refractivity contribution in [1.82, 2.24) is 20.2 Å². The molecule has 28 heavy (non-hydrogen) atoms. The summed E-state index contributed by atoms with van der Waals surface area (Å²) in [7, 11) is 0. The van der Waals surface area contributed by atoms with Gasteiger partial charge in [-0.2, -0.15) is 0 Å². The summed E-state index contributed by atoms with van der Waals surface area (Å²) in [5.41, 5.74) is 2.25. The van der Waals surface area contributed by atoms with Gasteiger partial charge in [0.25, 0.3) is 0 Å². The fraction of sp³-hybridized carbons (Fsp3) is 0.381. The number of hydrogen-bond acceptors (Lipinski definition) is 6. The van der Waals surface area contributed by atoms with Crippen molar-refractivity contribution in [3.05, 3.63) is 78.1 Å². The van der Waals surface area contributed by atoms with E-state index in [4.69, 9.17) is 14.2 Å². The lowest BCUT2D eigenvalue weighted by atomic mass is 10.0. The van der Waals surface area contributed by atoms with Crippen molar-refractivity contribution in [2.45, 2.75) is 51.1 Å². The van der Waals surface area contributed by atoms with Crippen LogP contribution in [-0.4, -0.2) is 38.5 Å². The van der Waals surface area contributed by atoms with Gasteiger partial charge in [0.1, 0.15) is 6.10 Å². The van der Waals surface area contributed by atoms with Crippen LogP contribution in [0.2, 0.25) is 0 Å². The first kappa shape index (κ1) is 18.7.